The molecule has 0 spiro atoms. The summed E-state index contributed by atoms with van der Waals surface area (Å²) in [7, 11) is -3.87. The lowest BCUT2D eigenvalue weighted by Crippen LogP contribution is -2.43. The zero-order chi connectivity index (χ0) is 10.1. The number of imide groups is 1. The summed E-state index contributed by atoms with van der Waals surface area (Å²) in [5, 5.41) is 2.92. The lowest BCUT2D eigenvalue weighted by atomic mass is 10.6. The molecule has 0 unspecified atom stereocenters. The maximum absolute atomic E-state index is 11.0. The second kappa shape index (κ2) is 3.17. The molecule has 0 radical (unpaired) electrons. The van der Waals surface area contributed by atoms with E-state index in [2.05, 4.69) is 5.32 Å². The van der Waals surface area contributed by atoms with E-state index in [-0.39, 0.29) is 10.8 Å². The van der Waals surface area contributed by atoms with Crippen molar-refractivity contribution in [3.05, 3.63) is 11.5 Å². The highest BCUT2D eigenvalue weighted by Gasteiger charge is 2.35. The molecule has 7 heteroatoms. The molecular weight excluding hydrogens is 196 g/mol. The van der Waals surface area contributed by atoms with Gasteiger partial charge in [-0.05, 0) is 6.92 Å². The zero-order valence-electron chi connectivity index (χ0n) is 6.85. The van der Waals surface area contributed by atoms with E-state index in [4.69, 9.17) is 0 Å². The largest absolute Gasteiger partial charge is 0.338 e. The van der Waals surface area contributed by atoms with Crippen LogP contribution in [0.2, 0.25) is 0 Å². The van der Waals surface area contributed by atoms with Crippen molar-refractivity contribution in [2.75, 3.05) is 6.54 Å². The van der Waals surface area contributed by atoms with Crippen molar-refractivity contribution >= 4 is 22.0 Å². The molecule has 1 aliphatic heterocycles. The van der Waals surface area contributed by atoms with Crippen LogP contribution in [0.3, 0.4) is 0 Å². The second-order valence-electron chi connectivity index (χ2n) is 2.29. The predicted molar refractivity (Wildman–Crippen MR) is 44.0 cm³/mol. The Balaban J connectivity index is 2.93. The van der Waals surface area contributed by atoms with Crippen molar-refractivity contribution in [1.29, 1.82) is 0 Å². The SMILES string of the molecule is CCNC(=O)N1C(=O)C=CS1(=O)=O. The van der Waals surface area contributed by atoms with Gasteiger partial charge in [-0.25, -0.2) is 13.2 Å². The van der Waals surface area contributed by atoms with Crippen LogP contribution in [0.5, 0.6) is 0 Å². The van der Waals surface area contributed by atoms with Gasteiger partial charge in [0.15, 0.2) is 0 Å². The van der Waals surface area contributed by atoms with Crippen LogP contribution in [0.15, 0.2) is 11.5 Å². The third-order valence-corrected chi connectivity index (χ3v) is 2.68. The van der Waals surface area contributed by atoms with Crippen molar-refractivity contribution in [2.45, 2.75) is 6.92 Å². The Kier molecular flexibility index (Phi) is 2.37. The fourth-order valence-electron chi connectivity index (χ4n) is 0.837. The molecule has 0 fully saturated rings. The average Bonchev–Trinajstić information content (AvgIpc) is 2.26. The molecule has 0 saturated heterocycles. The first-order valence-electron chi connectivity index (χ1n) is 3.54. The molecule has 1 heterocycles. The highest BCUT2D eigenvalue weighted by Crippen LogP contribution is 2.12. The minimum Gasteiger partial charge on any atom is -0.337 e. The monoisotopic (exact) mass is 204 g/mol. The van der Waals surface area contributed by atoms with E-state index >= 15 is 0 Å². The molecule has 0 bridgehead atoms. The van der Waals surface area contributed by atoms with Crippen LogP contribution < -0.4 is 5.32 Å². The van der Waals surface area contributed by atoms with Crippen molar-refractivity contribution in [2.24, 2.45) is 0 Å². The summed E-state index contributed by atoms with van der Waals surface area (Å²) in [6.45, 7) is 1.89. The third kappa shape index (κ3) is 1.69. The number of sulfonamides is 1. The van der Waals surface area contributed by atoms with Crippen LogP contribution in [0, 0.1) is 0 Å². The fraction of sp³-hybridized carbons (Fsp3) is 0.333. The number of urea groups is 1. The van der Waals surface area contributed by atoms with Gasteiger partial charge in [-0.2, -0.15) is 0 Å². The van der Waals surface area contributed by atoms with E-state index in [9.17, 15) is 18.0 Å². The molecular formula is C6H8N2O4S. The summed E-state index contributed by atoms with van der Waals surface area (Å²) in [6, 6.07) is -0.919. The molecule has 0 atom stereocenters. The van der Waals surface area contributed by atoms with Crippen LogP contribution in [0.1, 0.15) is 6.92 Å². The Morgan fingerprint density at radius 3 is 2.62 bits per heavy atom. The molecule has 1 aliphatic rings. The van der Waals surface area contributed by atoms with Crippen molar-refractivity contribution in [1.82, 2.24) is 9.62 Å². The summed E-state index contributed by atoms with van der Waals surface area (Å²) >= 11 is 0. The van der Waals surface area contributed by atoms with Crippen molar-refractivity contribution < 1.29 is 18.0 Å². The molecule has 0 saturated carbocycles. The first kappa shape index (κ1) is 9.72. The highest BCUT2D eigenvalue weighted by atomic mass is 32.2. The summed E-state index contributed by atoms with van der Waals surface area (Å²) in [5.74, 6) is -0.842. The Morgan fingerprint density at radius 1 is 1.62 bits per heavy atom. The highest BCUT2D eigenvalue weighted by molar-refractivity contribution is 7.93. The number of amides is 3. The van der Waals surface area contributed by atoms with Gasteiger partial charge in [0.2, 0.25) is 0 Å². The van der Waals surface area contributed by atoms with Crippen LogP contribution in [-0.2, 0) is 14.8 Å². The van der Waals surface area contributed by atoms with E-state index in [1.807, 2.05) is 0 Å². The Hall–Kier alpha value is -1.37. The molecule has 6 nitrogen and oxygen atoms in total. The average molecular weight is 204 g/mol. The fourth-order valence-corrected chi connectivity index (χ4v) is 1.85. The molecule has 0 aliphatic carbocycles. The number of rotatable bonds is 1. The van der Waals surface area contributed by atoms with Gasteiger partial charge >= 0.3 is 6.03 Å². The van der Waals surface area contributed by atoms with Crippen molar-refractivity contribution in [3.63, 3.8) is 0 Å². The van der Waals surface area contributed by atoms with E-state index in [1.54, 1.807) is 6.92 Å². The van der Waals surface area contributed by atoms with Crippen LogP contribution in [-0.4, -0.2) is 31.2 Å². The van der Waals surface area contributed by atoms with Gasteiger partial charge in [0.25, 0.3) is 15.9 Å². The minimum atomic E-state index is -3.87. The topological polar surface area (TPSA) is 83.6 Å². The first-order valence-corrected chi connectivity index (χ1v) is 5.04. The minimum absolute atomic E-state index is 0.191. The number of nitrogens with zero attached hydrogens (tertiary/aromatic N) is 1. The summed E-state index contributed by atoms with van der Waals surface area (Å²) in [6.07, 6.45) is 0.838. The third-order valence-electron chi connectivity index (χ3n) is 1.35. The van der Waals surface area contributed by atoms with Gasteiger partial charge < -0.3 is 5.32 Å². The molecule has 72 valence electrons. The summed E-state index contributed by atoms with van der Waals surface area (Å²) in [5.41, 5.74) is 0. The smallest absolute Gasteiger partial charge is 0.337 e. The van der Waals surface area contributed by atoms with Crippen LogP contribution >= 0.6 is 0 Å². The summed E-state index contributed by atoms with van der Waals surface area (Å²) < 4.78 is 22.3. The number of nitrogens with one attached hydrogen (secondary N) is 1. The lowest BCUT2D eigenvalue weighted by molar-refractivity contribution is -0.119. The quantitative estimate of drug-likeness (QED) is 0.618. The van der Waals surface area contributed by atoms with E-state index in [1.165, 1.54) is 0 Å². The van der Waals surface area contributed by atoms with E-state index < -0.39 is 22.0 Å². The number of hydrogen-bond donors (Lipinski definition) is 1. The number of hydrogen-bond acceptors (Lipinski definition) is 4. The summed E-state index contributed by atoms with van der Waals surface area (Å²) in [4.78, 5) is 22.0. The standard InChI is InChI=1S/C6H8N2O4S/c1-2-7-6(10)8-5(9)3-4-13(8,11)12/h3-4H,2H2,1H3,(H,7,10). The van der Waals surface area contributed by atoms with E-state index in [0.717, 1.165) is 6.08 Å². The molecule has 3 amide bonds. The Bertz CT molecular complexity index is 370. The normalized spacial score (nSPS) is 19.2. The van der Waals surface area contributed by atoms with Crippen LogP contribution in [0.25, 0.3) is 0 Å². The first-order chi connectivity index (χ1) is 5.99. The van der Waals surface area contributed by atoms with Gasteiger partial charge in [0, 0.05) is 12.6 Å². The van der Waals surface area contributed by atoms with Gasteiger partial charge in [-0.1, -0.05) is 0 Å². The predicted octanol–water partition coefficient (Wildman–Crippen LogP) is -0.598. The van der Waals surface area contributed by atoms with Crippen molar-refractivity contribution in [3.8, 4) is 0 Å². The molecule has 0 aromatic rings. The molecule has 0 aromatic heterocycles. The molecule has 13 heavy (non-hydrogen) atoms. The van der Waals surface area contributed by atoms with Crippen LogP contribution in [0.4, 0.5) is 4.79 Å². The number of carbonyl (C=O) groups is 2. The van der Waals surface area contributed by atoms with Gasteiger partial charge in [-0.15, -0.1) is 4.31 Å². The molecule has 0 aromatic carbocycles. The lowest BCUT2D eigenvalue weighted by Gasteiger charge is -2.12. The van der Waals surface area contributed by atoms with E-state index in [0.29, 0.717) is 5.41 Å². The second-order valence-corrected chi connectivity index (χ2v) is 3.95. The van der Waals surface area contributed by atoms with Gasteiger partial charge in [0.1, 0.15) is 0 Å². The Morgan fingerprint density at radius 2 is 2.23 bits per heavy atom. The molecule has 1 rings (SSSR count). The molecule has 1 N–H and O–H groups in total. The Labute approximate surface area is 75.3 Å². The maximum Gasteiger partial charge on any atom is 0.338 e. The number of carbonyl (C=O) groups excluding carboxylic acids is 2. The van der Waals surface area contributed by atoms with Gasteiger partial charge in [-0.3, -0.25) is 4.79 Å². The maximum atomic E-state index is 11.0. The van der Waals surface area contributed by atoms with Gasteiger partial charge in [0.05, 0.1) is 5.41 Å². The zero-order valence-corrected chi connectivity index (χ0v) is 7.67.